The lowest BCUT2D eigenvalue weighted by molar-refractivity contribution is -0.125. The number of anilines is 1. The highest BCUT2D eigenvalue weighted by molar-refractivity contribution is 5.98. The molecule has 4 aromatic rings. The van der Waals surface area contributed by atoms with Gasteiger partial charge < -0.3 is 15.4 Å². The van der Waals surface area contributed by atoms with Crippen LogP contribution >= 0.6 is 0 Å². The summed E-state index contributed by atoms with van der Waals surface area (Å²) in [7, 11) is 0. The third-order valence-electron chi connectivity index (χ3n) is 8.05. The first-order valence-corrected chi connectivity index (χ1v) is 14.2. The molecule has 1 atom stereocenters. The standard InChI is InChI=1S/C31H33N7O2/c32-30-28-29(21-8-14-26(15-9-21)40-25-5-2-1-3-6-25)35-38(31(28)34-20-33-30)24-16-18-36(19-24)27(39)7-4-17-37(22-10-11-22)23-12-13-23/h1-9,14-15,20,22-24H,10-13,16-19H2,(H2,32,33,34)/t24-/m1/s1. The number of benzene rings is 2. The number of nitrogens with zero attached hydrogens (tertiary/aromatic N) is 6. The van der Waals surface area contributed by atoms with Gasteiger partial charge >= 0.3 is 0 Å². The number of likely N-dealkylation sites (tertiary alicyclic amines) is 1. The molecule has 2 aromatic heterocycles. The van der Waals surface area contributed by atoms with Crippen molar-refractivity contribution in [3.8, 4) is 22.8 Å². The van der Waals surface area contributed by atoms with Crippen LogP contribution in [0.4, 0.5) is 5.82 Å². The summed E-state index contributed by atoms with van der Waals surface area (Å²) in [4.78, 5) is 26.3. The van der Waals surface area contributed by atoms with Gasteiger partial charge in [-0.3, -0.25) is 9.69 Å². The van der Waals surface area contributed by atoms with E-state index in [0.717, 1.165) is 53.2 Å². The monoisotopic (exact) mass is 535 g/mol. The van der Waals surface area contributed by atoms with Crippen molar-refractivity contribution in [2.45, 2.75) is 50.2 Å². The average molecular weight is 536 g/mol. The molecule has 0 bridgehead atoms. The van der Waals surface area contributed by atoms with Crippen molar-refractivity contribution < 1.29 is 9.53 Å². The van der Waals surface area contributed by atoms with E-state index in [1.807, 2.05) is 70.3 Å². The number of fused-ring (bicyclic) bond motifs is 1. The van der Waals surface area contributed by atoms with E-state index >= 15 is 0 Å². The zero-order chi connectivity index (χ0) is 27.1. The van der Waals surface area contributed by atoms with Crippen molar-refractivity contribution in [1.29, 1.82) is 0 Å². The first kappa shape index (κ1) is 24.8. The summed E-state index contributed by atoms with van der Waals surface area (Å²) in [5.74, 6) is 1.97. The van der Waals surface area contributed by atoms with E-state index in [1.54, 1.807) is 6.08 Å². The van der Waals surface area contributed by atoms with Gasteiger partial charge in [-0.1, -0.05) is 24.3 Å². The molecule has 7 rings (SSSR count). The minimum Gasteiger partial charge on any atom is -0.457 e. The molecule has 9 heteroatoms. The predicted molar refractivity (Wildman–Crippen MR) is 154 cm³/mol. The van der Waals surface area contributed by atoms with Crippen LogP contribution in [0.15, 0.2) is 73.1 Å². The molecular formula is C31H33N7O2. The van der Waals surface area contributed by atoms with E-state index in [2.05, 4.69) is 14.9 Å². The third-order valence-corrected chi connectivity index (χ3v) is 8.05. The molecule has 3 heterocycles. The SMILES string of the molecule is Nc1ncnc2c1c(-c1ccc(Oc3ccccc3)cc1)nn2[C@@H]1CCN(C(=O)C=CCN(C2CC2)C2CC2)C1. The lowest BCUT2D eigenvalue weighted by Crippen LogP contribution is -2.30. The maximum Gasteiger partial charge on any atom is 0.246 e. The lowest BCUT2D eigenvalue weighted by atomic mass is 10.1. The van der Waals surface area contributed by atoms with Gasteiger partial charge in [-0.2, -0.15) is 5.10 Å². The second-order valence-electron chi connectivity index (χ2n) is 11.0. The van der Waals surface area contributed by atoms with Crippen LogP contribution in [-0.2, 0) is 4.79 Å². The molecule has 40 heavy (non-hydrogen) atoms. The van der Waals surface area contributed by atoms with Crippen LogP contribution in [0.1, 0.15) is 38.1 Å². The zero-order valence-corrected chi connectivity index (χ0v) is 22.4. The van der Waals surface area contributed by atoms with Gasteiger partial charge in [0.05, 0.1) is 11.4 Å². The molecule has 3 aliphatic rings. The number of amides is 1. The fourth-order valence-electron chi connectivity index (χ4n) is 5.69. The van der Waals surface area contributed by atoms with Gasteiger partial charge in [-0.25, -0.2) is 14.6 Å². The van der Waals surface area contributed by atoms with Gasteiger partial charge in [-0.15, -0.1) is 0 Å². The number of nitrogens with two attached hydrogens (primary N) is 1. The van der Waals surface area contributed by atoms with Gasteiger partial charge in [-0.05, 0) is 68.5 Å². The maximum atomic E-state index is 13.0. The minimum atomic E-state index is 0.0120. The van der Waals surface area contributed by atoms with Gasteiger partial charge in [0.1, 0.15) is 29.3 Å². The molecule has 0 radical (unpaired) electrons. The van der Waals surface area contributed by atoms with Crippen LogP contribution in [0.25, 0.3) is 22.3 Å². The molecule has 3 fully saturated rings. The molecule has 2 aromatic carbocycles. The quantitative estimate of drug-likeness (QED) is 0.307. The number of ether oxygens (including phenoxy) is 1. The molecule has 1 aliphatic heterocycles. The lowest BCUT2D eigenvalue weighted by Gasteiger charge is -2.19. The van der Waals surface area contributed by atoms with Crippen molar-refractivity contribution in [3.05, 3.63) is 73.1 Å². The number of hydrogen-bond acceptors (Lipinski definition) is 7. The number of rotatable bonds is 9. The molecule has 2 aliphatic carbocycles. The van der Waals surface area contributed by atoms with Crippen molar-refractivity contribution in [1.82, 2.24) is 29.5 Å². The second kappa shape index (κ2) is 10.4. The number of carbonyl (C=O) groups excluding carboxylic acids is 1. The Balaban J connectivity index is 1.08. The van der Waals surface area contributed by atoms with Crippen molar-refractivity contribution in [3.63, 3.8) is 0 Å². The number of carbonyl (C=O) groups is 1. The Morgan fingerprint density at radius 2 is 1.70 bits per heavy atom. The smallest absolute Gasteiger partial charge is 0.246 e. The van der Waals surface area contributed by atoms with E-state index < -0.39 is 0 Å². The highest BCUT2D eigenvalue weighted by Crippen LogP contribution is 2.37. The molecule has 2 N–H and O–H groups in total. The molecular weight excluding hydrogens is 502 g/mol. The molecule has 9 nitrogen and oxygen atoms in total. The Morgan fingerprint density at radius 3 is 2.42 bits per heavy atom. The normalized spacial score (nSPS) is 19.2. The summed E-state index contributed by atoms with van der Waals surface area (Å²) in [6.07, 6.45) is 11.3. The van der Waals surface area contributed by atoms with Crippen molar-refractivity contribution in [2.75, 3.05) is 25.4 Å². The van der Waals surface area contributed by atoms with E-state index in [0.29, 0.717) is 24.6 Å². The Kier molecular flexibility index (Phi) is 6.43. The maximum absolute atomic E-state index is 13.0. The minimum absolute atomic E-state index is 0.0120. The first-order chi connectivity index (χ1) is 19.6. The summed E-state index contributed by atoms with van der Waals surface area (Å²) in [6.45, 7) is 2.14. The van der Waals surface area contributed by atoms with Gasteiger partial charge in [0.15, 0.2) is 5.65 Å². The number of hydrogen-bond donors (Lipinski definition) is 1. The fraction of sp³-hybridized carbons (Fsp3) is 0.355. The zero-order valence-electron chi connectivity index (χ0n) is 22.4. The molecule has 1 amide bonds. The van der Waals surface area contributed by atoms with Crippen LogP contribution in [0.5, 0.6) is 11.5 Å². The fourth-order valence-corrected chi connectivity index (χ4v) is 5.69. The van der Waals surface area contributed by atoms with Crippen LogP contribution < -0.4 is 10.5 Å². The molecule has 2 saturated carbocycles. The Bertz CT molecular complexity index is 1530. The Morgan fingerprint density at radius 1 is 0.975 bits per heavy atom. The van der Waals surface area contributed by atoms with Gasteiger partial charge in [0, 0.05) is 43.4 Å². The number of nitrogen functional groups attached to an aromatic ring is 1. The van der Waals surface area contributed by atoms with E-state index in [1.165, 1.54) is 32.0 Å². The van der Waals surface area contributed by atoms with Crippen LogP contribution in [-0.4, -0.2) is 67.2 Å². The summed E-state index contributed by atoms with van der Waals surface area (Å²) in [5.41, 5.74) is 8.65. The highest BCUT2D eigenvalue weighted by Gasteiger charge is 2.38. The van der Waals surface area contributed by atoms with E-state index in [9.17, 15) is 4.79 Å². The average Bonchev–Trinajstić information content (AvgIpc) is 3.91. The van der Waals surface area contributed by atoms with E-state index in [4.69, 9.17) is 15.6 Å². The molecule has 0 unspecified atom stereocenters. The van der Waals surface area contributed by atoms with Crippen molar-refractivity contribution in [2.24, 2.45) is 0 Å². The predicted octanol–water partition coefficient (Wildman–Crippen LogP) is 4.82. The summed E-state index contributed by atoms with van der Waals surface area (Å²) >= 11 is 0. The first-order valence-electron chi connectivity index (χ1n) is 14.2. The molecule has 0 spiro atoms. The van der Waals surface area contributed by atoms with Crippen molar-refractivity contribution >= 4 is 22.8 Å². The van der Waals surface area contributed by atoms with Gasteiger partial charge in [0.25, 0.3) is 0 Å². The number of aromatic nitrogens is 4. The second-order valence-corrected chi connectivity index (χ2v) is 11.0. The largest absolute Gasteiger partial charge is 0.457 e. The highest BCUT2D eigenvalue weighted by atomic mass is 16.5. The van der Waals surface area contributed by atoms with Crippen LogP contribution in [0.3, 0.4) is 0 Å². The Hall–Kier alpha value is -4.24. The Labute approximate surface area is 233 Å². The topological polar surface area (TPSA) is 102 Å². The van der Waals surface area contributed by atoms with Crippen LogP contribution in [0, 0.1) is 0 Å². The summed E-state index contributed by atoms with van der Waals surface area (Å²) in [5, 5.41) is 5.70. The van der Waals surface area contributed by atoms with Gasteiger partial charge in [0.2, 0.25) is 5.91 Å². The van der Waals surface area contributed by atoms with Crippen LogP contribution in [0.2, 0.25) is 0 Å². The van der Waals surface area contributed by atoms with E-state index in [-0.39, 0.29) is 11.9 Å². The molecule has 204 valence electrons. The summed E-state index contributed by atoms with van der Waals surface area (Å²) < 4.78 is 7.88. The number of para-hydroxylation sites is 1. The third kappa shape index (κ3) is 5.04. The summed E-state index contributed by atoms with van der Waals surface area (Å²) in [6, 6.07) is 18.9. The molecule has 1 saturated heterocycles.